The summed E-state index contributed by atoms with van der Waals surface area (Å²) in [5, 5.41) is 11.0. The number of likely N-dealkylation sites (N-methyl/N-ethyl adjacent to an activating group) is 1. The molecule has 27 heavy (non-hydrogen) atoms. The van der Waals surface area contributed by atoms with E-state index in [2.05, 4.69) is 15.9 Å². The maximum absolute atomic E-state index is 12.6. The van der Waals surface area contributed by atoms with Crippen molar-refractivity contribution in [3.63, 3.8) is 0 Å². The summed E-state index contributed by atoms with van der Waals surface area (Å²) in [7, 11) is 1.58. The van der Waals surface area contributed by atoms with Crippen LogP contribution in [0.2, 0.25) is 0 Å². The Balaban J connectivity index is 1.56. The molecule has 1 unspecified atom stereocenters. The Labute approximate surface area is 164 Å². The number of ether oxygens (including phenoxy) is 2. The lowest BCUT2D eigenvalue weighted by molar-refractivity contribution is -0.140. The molecule has 2 aromatic rings. The summed E-state index contributed by atoms with van der Waals surface area (Å²) < 4.78 is 11.3. The summed E-state index contributed by atoms with van der Waals surface area (Å²) in [5.74, 6) is 0.411. The predicted molar refractivity (Wildman–Crippen MR) is 103 cm³/mol. The zero-order valence-corrected chi connectivity index (χ0v) is 16.0. The Morgan fingerprint density at radius 3 is 2.85 bits per heavy atom. The molecule has 0 fully saturated rings. The summed E-state index contributed by atoms with van der Waals surface area (Å²) in [4.78, 5) is 26.4. The lowest BCUT2D eigenvalue weighted by atomic mass is 9.89. The van der Waals surface area contributed by atoms with Crippen molar-refractivity contribution in [2.75, 3.05) is 18.7 Å². The van der Waals surface area contributed by atoms with Gasteiger partial charge in [0, 0.05) is 17.1 Å². The van der Waals surface area contributed by atoms with Crippen LogP contribution >= 0.6 is 15.9 Å². The van der Waals surface area contributed by atoms with E-state index >= 15 is 0 Å². The number of ketones is 1. The summed E-state index contributed by atoms with van der Waals surface area (Å²) >= 11 is 3.35. The molecule has 0 spiro atoms. The van der Waals surface area contributed by atoms with E-state index in [0.717, 1.165) is 10.0 Å². The maximum Gasteiger partial charge on any atom is 0.263 e. The van der Waals surface area contributed by atoms with Gasteiger partial charge in [0.25, 0.3) is 5.91 Å². The van der Waals surface area contributed by atoms with Crippen molar-refractivity contribution in [2.24, 2.45) is 0 Å². The van der Waals surface area contributed by atoms with Crippen LogP contribution in [0.3, 0.4) is 0 Å². The van der Waals surface area contributed by atoms with Gasteiger partial charge in [0.1, 0.15) is 0 Å². The van der Waals surface area contributed by atoms with Crippen LogP contribution in [0, 0.1) is 0 Å². The number of nitrogens with zero attached hydrogens (tertiary/aromatic N) is 1. The van der Waals surface area contributed by atoms with Crippen molar-refractivity contribution in [1.82, 2.24) is 0 Å². The van der Waals surface area contributed by atoms with Gasteiger partial charge >= 0.3 is 0 Å². The number of anilines is 1. The molecule has 1 atom stereocenters. The fourth-order valence-electron chi connectivity index (χ4n) is 3.32. The first-order chi connectivity index (χ1) is 12.9. The molecule has 1 amide bonds. The molecule has 0 bridgehead atoms. The van der Waals surface area contributed by atoms with Gasteiger partial charge in [0.15, 0.2) is 22.9 Å². The first kappa shape index (κ1) is 17.8. The minimum absolute atomic E-state index is 0.180. The Morgan fingerprint density at radius 2 is 2.04 bits per heavy atom. The van der Waals surface area contributed by atoms with Crippen LogP contribution < -0.4 is 14.4 Å². The van der Waals surface area contributed by atoms with Crippen molar-refractivity contribution in [3.8, 4) is 11.5 Å². The van der Waals surface area contributed by atoms with Gasteiger partial charge in [-0.3, -0.25) is 9.59 Å². The molecular weight excluding hydrogens is 414 g/mol. The normalized spacial score (nSPS) is 20.4. The van der Waals surface area contributed by atoms with Gasteiger partial charge in [-0.05, 0) is 42.0 Å². The van der Waals surface area contributed by atoms with E-state index in [-0.39, 0.29) is 19.0 Å². The Bertz CT molecular complexity index is 986. The second-order valence-corrected chi connectivity index (χ2v) is 7.39. The van der Waals surface area contributed by atoms with Gasteiger partial charge in [-0.2, -0.15) is 0 Å². The maximum atomic E-state index is 12.6. The zero-order chi connectivity index (χ0) is 19.2. The molecule has 2 heterocycles. The fourth-order valence-corrected chi connectivity index (χ4v) is 3.68. The van der Waals surface area contributed by atoms with E-state index in [0.29, 0.717) is 22.7 Å². The van der Waals surface area contributed by atoms with E-state index in [1.165, 1.54) is 11.0 Å². The largest absolute Gasteiger partial charge is 0.454 e. The quantitative estimate of drug-likeness (QED) is 0.755. The highest BCUT2D eigenvalue weighted by atomic mass is 79.9. The van der Waals surface area contributed by atoms with Crippen molar-refractivity contribution < 1.29 is 24.2 Å². The number of hydrogen-bond acceptors (Lipinski definition) is 5. The minimum Gasteiger partial charge on any atom is -0.454 e. The SMILES string of the molecule is CN1C(=O)C(O)(CC(=O)/C=C/c2ccc3c(c2)OCO3)c2cc(Br)ccc21. The molecule has 2 aliphatic heterocycles. The molecule has 2 aromatic carbocycles. The lowest BCUT2D eigenvalue weighted by Crippen LogP contribution is -2.40. The summed E-state index contributed by atoms with van der Waals surface area (Å²) in [5.41, 5.74) is -0.0884. The molecule has 4 rings (SSSR count). The van der Waals surface area contributed by atoms with Gasteiger partial charge in [0.05, 0.1) is 12.1 Å². The van der Waals surface area contributed by atoms with Crippen LogP contribution in [-0.2, 0) is 15.2 Å². The van der Waals surface area contributed by atoms with Crippen LogP contribution in [0.5, 0.6) is 11.5 Å². The highest BCUT2D eigenvalue weighted by molar-refractivity contribution is 9.10. The number of carbonyl (C=O) groups is 2. The number of benzene rings is 2. The van der Waals surface area contributed by atoms with Crippen molar-refractivity contribution in [2.45, 2.75) is 12.0 Å². The topological polar surface area (TPSA) is 76.1 Å². The first-order valence-electron chi connectivity index (χ1n) is 8.29. The highest BCUT2D eigenvalue weighted by Crippen LogP contribution is 2.43. The van der Waals surface area contributed by atoms with Crippen LogP contribution in [0.4, 0.5) is 5.69 Å². The van der Waals surface area contributed by atoms with E-state index < -0.39 is 11.5 Å². The van der Waals surface area contributed by atoms with Crippen LogP contribution in [0.15, 0.2) is 46.9 Å². The lowest BCUT2D eigenvalue weighted by Gasteiger charge is -2.20. The van der Waals surface area contributed by atoms with Gasteiger partial charge in [-0.25, -0.2) is 0 Å². The summed E-state index contributed by atoms with van der Waals surface area (Å²) in [6, 6.07) is 10.5. The van der Waals surface area contributed by atoms with Crippen molar-refractivity contribution in [1.29, 1.82) is 0 Å². The van der Waals surface area contributed by atoms with Crippen LogP contribution in [0.1, 0.15) is 17.5 Å². The van der Waals surface area contributed by atoms with Gasteiger partial charge in [-0.15, -0.1) is 0 Å². The summed E-state index contributed by atoms with van der Waals surface area (Å²) in [6.45, 7) is 0.180. The van der Waals surface area contributed by atoms with Gasteiger partial charge in [0.2, 0.25) is 6.79 Å². The fraction of sp³-hybridized carbons (Fsp3) is 0.200. The third-order valence-electron chi connectivity index (χ3n) is 4.71. The standard InChI is InChI=1S/C20H16BrNO5/c1-22-16-6-4-13(21)9-15(16)20(25,19(22)24)10-14(23)5-2-12-3-7-17-18(8-12)27-11-26-17/h2-9,25H,10-11H2,1H3/b5-2+. The minimum atomic E-state index is -1.87. The molecule has 138 valence electrons. The molecule has 0 saturated heterocycles. The monoisotopic (exact) mass is 429 g/mol. The van der Waals surface area contributed by atoms with E-state index in [9.17, 15) is 14.7 Å². The van der Waals surface area contributed by atoms with E-state index in [1.807, 2.05) is 0 Å². The third-order valence-corrected chi connectivity index (χ3v) is 5.21. The molecule has 2 aliphatic rings. The Hall–Kier alpha value is -2.64. The smallest absolute Gasteiger partial charge is 0.263 e. The molecule has 0 aliphatic carbocycles. The first-order valence-corrected chi connectivity index (χ1v) is 9.09. The number of fused-ring (bicyclic) bond motifs is 2. The average Bonchev–Trinajstić information content (AvgIpc) is 3.18. The average molecular weight is 430 g/mol. The third kappa shape index (κ3) is 3.02. The van der Waals surface area contributed by atoms with E-state index in [1.54, 1.807) is 49.5 Å². The second-order valence-electron chi connectivity index (χ2n) is 6.48. The van der Waals surface area contributed by atoms with Crippen LogP contribution in [0.25, 0.3) is 6.08 Å². The number of hydrogen-bond donors (Lipinski definition) is 1. The molecule has 0 radical (unpaired) electrons. The zero-order valence-electron chi connectivity index (χ0n) is 14.4. The number of aliphatic hydroxyl groups is 1. The molecule has 0 saturated carbocycles. The van der Waals surface area contributed by atoms with E-state index in [4.69, 9.17) is 9.47 Å². The molecule has 7 heteroatoms. The second kappa shape index (κ2) is 6.51. The van der Waals surface area contributed by atoms with Crippen molar-refractivity contribution in [3.05, 3.63) is 58.1 Å². The Kier molecular flexibility index (Phi) is 4.28. The molecule has 1 N–H and O–H groups in total. The highest BCUT2D eigenvalue weighted by Gasteiger charge is 2.49. The molecular formula is C20H16BrNO5. The van der Waals surface area contributed by atoms with Gasteiger partial charge in [-0.1, -0.05) is 28.1 Å². The van der Waals surface area contributed by atoms with Crippen molar-refractivity contribution >= 4 is 39.4 Å². The predicted octanol–water partition coefficient (Wildman–Crippen LogP) is 3.01. The summed E-state index contributed by atoms with van der Waals surface area (Å²) in [6.07, 6.45) is 2.65. The Morgan fingerprint density at radius 1 is 1.26 bits per heavy atom. The number of allylic oxidation sites excluding steroid dienone is 1. The number of halogens is 1. The number of carbonyl (C=O) groups excluding carboxylic acids is 2. The van der Waals surface area contributed by atoms with Crippen LogP contribution in [-0.4, -0.2) is 30.6 Å². The number of rotatable bonds is 4. The molecule has 6 nitrogen and oxygen atoms in total. The van der Waals surface area contributed by atoms with Gasteiger partial charge < -0.3 is 19.5 Å². The molecule has 0 aromatic heterocycles. The number of amides is 1.